The molecule has 2 amide bonds. The average molecular weight is 382 g/mol. The van der Waals surface area contributed by atoms with Crippen LogP contribution in [0.3, 0.4) is 0 Å². The molecule has 2 aliphatic heterocycles. The van der Waals surface area contributed by atoms with Crippen LogP contribution < -0.4 is 0 Å². The van der Waals surface area contributed by atoms with Gasteiger partial charge in [-0.2, -0.15) is 0 Å². The number of carbonyl (C=O) groups is 2. The van der Waals surface area contributed by atoms with E-state index in [1.807, 2.05) is 35.2 Å². The number of rotatable bonds is 5. The van der Waals surface area contributed by atoms with Gasteiger partial charge in [0.2, 0.25) is 5.91 Å². The van der Waals surface area contributed by atoms with E-state index in [9.17, 15) is 9.59 Å². The van der Waals surface area contributed by atoms with Crippen molar-refractivity contribution in [2.45, 2.75) is 19.4 Å². The van der Waals surface area contributed by atoms with Crippen LogP contribution in [0, 0.1) is 0 Å². The fourth-order valence-electron chi connectivity index (χ4n) is 3.77. The molecule has 0 radical (unpaired) electrons. The molecular formula is C20H26N6O2. The summed E-state index contributed by atoms with van der Waals surface area (Å²) in [6.07, 6.45) is 3.93. The van der Waals surface area contributed by atoms with E-state index in [-0.39, 0.29) is 11.8 Å². The minimum absolute atomic E-state index is 0.0927. The zero-order chi connectivity index (χ0) is 19.3. The summed E-state index contributed by atoms with van der Waals surface area (Å²) < 4.78 is 1.69. The Balaban J connectivity index is 1.27. The Morgan fingerprint density at radius 1 is 0.893 bits per heavy atom. The maximum Gasteiger partial charge on any atom is 0.276 e. The third kappa shape index (κ3) is 4.39. The molecule has 8 nitrogen and oxygen atoms in total. The van der Waals surface area contributed by atoms with Crippen molar-refractivity contribution in [3.63, 3.8) is 0 Å². The second kappa shape index (κ2) is 8.52. The van der Waals surface area contributed by atoms with Crippen LogP contribution in [0.1, 0.15) is 28.9 Å². The smallest absolute Gasteiger partial charge is 0.276 e. The van der Waals surface area contributed by atoms with Crippen molar-refractivity contribution in [3.8, 4) is 0 Å². The zero-order valence-electron chi connectivity index (χ0n) is 16.0. The molecule has 0 bridgehead atoms. The molecule has 2 saturated heterocycles. The number of nitrogens with zero attached hydrogens (tertiary/aromatic N) is 6. The Hall–Kier alpha value is -2.74. The predicted molar refractivity (Wildman–Crippen MR) is 104 cm³/mol. The lowest BCUT2D eigenvalue weighted by atomic mass is 10.2. The first-order valence-corrected chi connectivity index (χ1v) is 9.92. The number of amides is 2. The van der Waals surface area contributed by atoms with E-state index in [0.29, 0.717) is 45.0 Å². The second-order valence-electron chi connectivity index (χ2n) is 7.44. The fourth-order valence-corrected chi connectivity index (χ4v) is 3.77. The summed E-state index contributed by atoms with van der Waals surface area (Å²) in [5.41, 5.74) is 1.49. The maximum atomic E-state index is 12.7. The van der Waals surface area contributed by atoms with Gasteiger partial charge in [0.1, 0.15) is 0 Å². The van der Waals surface area contributed by atoms with Gasteiger partial charge in [-0.3, -0.25) is 14.5 Å². The minimum Gasteiger partial charge on any atom is -0.342 e. The molecule has 1 aromatic heterocycles. The first-order valence-electron chi connectivity index (χ1n) is 9.92. The van der Waals surface area contributed by atoms with E-state index in [1.165, 1.54) is 0 Å². The zero-order valence-corrected chi connectivity index (χ0v) is 16.0. The van der Waals surface area contributed by atoms with Gasteiger partial charge in [-0.1, -0.05) is 35.5 Å². The third-order valence-corrected chi connectivity index (χ3v) is 5.42. The van der Waals surface area contributed by atoms with Crippen molar-refractivity contribution in [2.75, 3.05) is 45.8 Å². The summed E-state index contributed by atoms with van der Waals surface area (Å²) in [5.74, 6) is 0.117. The van der Waals surface area contributed by atoms with Crippen LogP contribution in [0.25, 0.3) is 0 Å². The first-order chi connectivity index (χ1) is 13.7. The van der Waals surface area contributed by atoms with Gasteiger partial charge in [-0.05, 0) is 18.4 Å². The van der Waals surface area contributed by atoms with Gasteiger partial charge in [0.15, 0.2) is 5.69 Å². The maximum absolute atomic E-state index is 12.7. The van der Waals surface area contributed by atoms with Gasteiger partial charge in [0, 0.05) is 39.3 Å². The highest BCUT2D eigenvalue weighted by atomic mass is 16.2. The molecule has 0 N–H and O–H groups in total. The quantitative estimate of drug-likeness (QED) is 0.761. The Labute approximate surface area is 164 Å². The molecule has 3 heterocycles. The van der Waals surface area contributed by atoms with Gasteiger partial charge in [0.25, 0.3) is 5.91 Å². The lowest BCUT2D eigenvalue weighted by Crippen LogP contribution is -2.51. The van der Waals surface area contributed by atoms with Crippen molar-refractivity contribution in [2.24, 2.45) is 0 Å². The Kier molecular flexibility index (Phi) is 5.66. The molecule has 0 aliphatic carbocycles. The number of carbonyl (C=O) groups excluding carboxylic acids is 2. The van der Waals surface area contributed by atoms with Gasteiger partial charge in [-0.15, -0.1) is 5.10 Å². The van der Waals surface area contributed by atoms with Crippen molar-refractivity contribution >= 4 is 11.8 Å². The summed E-state index contributed by atoms with van der Waals surface area (Å²) in [7, 11) is 0. The number of likely N-dealkylation sites (tertiary alicyclic amines) is 1. The second-order valence-corrected chi connectivity index (χ2v) is 7.44. The summed E-state index contributed by atoms with van der Waals surface area (Å²) in [5, 5.41) is 8.14. The molecule has 2 aliphatic rings. The van der Waals surface area contributed by atoms with E-state index < -0.39 is 0 Å². The minimum atomic E-state index is -0.0927. The van der Waals surface area contributed by atoms with Crippen LogP contribution in [0.15, 0.2) is 36.5 Å². The number of piperazine rings is 1. The lowest BCUT2D eigenvalue weighted by molar-refractivity contribution is -0.131. The molecule has 28 heavy (non-hydrogen) atoms. The molecule has 0 saturated carbocycles. The highest BCUT2D eigenvalue weighted by molar-refractivity contribution is 5.92. The van der Waals surface area contributed by atoms with Crippen LogP contribution >= 0.6 is 0 Å². The summed E-state index contributed by atoms with van der Waals surface area (Å²) >= 11 is 0. The highest BCUT2D eigenvalue weighted by Gasteiger charge is 2.26. The van der Waals surface area contributed by atoms with Crippen molar-refractivity contribution < 1.29 is 9.59 Å². The monoisotopic (exact) mass is 382 g/mol. The molecule has 0 spiro atoms. The first kappa shape index (κ1) is 18.6. The van der Waals surface area contributed by atoms with E-state index in [2.05, 4.69) is 15.2 Å². The Morgan fingerprint density at radius 3 is 2.32 bits per heavy atom. The lowest BCUT2D eigenvalue weighted by Gasteiger charge is -2.34. The highest BCUT2D eigenvalue weighted by Crippen LogP contribution is 2.11. The van der Waals surface area contributed by atoms with Gasteiger partial charge in [0.05, 0.1) is 19.3 Å². The van der Waals surface area contributed by atoms with E-state index >= 15 is 0 Å². The summed E-state index contributed by atoms with van der Waals surface area (Å²) in [6.45, 7) is 5.46. The molecule has 1 aromatic carbocycles. The number of hydrogen-bond acceptors (Lipinski definition) is 5. The van der Waals surface area contributed by atoms with Gasteiger partial charge < -0.3 is 9.80 Å². The summed E-state index contributed by atoms with van der Waals surface area (Å²) in [4.78, 5) is 30.9. The van der Waals surface area contributed by atoms with Crippen molar-refractivity contribution in [1.29, 1.82) is 0 Å². The molecule has 2 fully saturated rings. The molecule has 2 aromatic rings. The standard InChI is InChI=1S/C20H26N6O2/c27-19(24-8-4-5-9-24)16-23-10-12-25(13-11-23)20(28)18-15-26(22-21-18)14-17-6-2-1-3-7-17/h1-3,6-7,15H,4-5,8-14,16H2. The third-order valence-electron chi connectivity index (χ3n) is 5.42. The van der Waals surface area contributed by atoms with Crippen LogP contribution in [0.4, 0.5) is 0 Å². The molecule has 0 atom stereocenters. The van der Waals surface area contributed by atoms with Gasteiger partial charge >= 0.3 is 0 Å². The average Bonchev–Trinajstić information content (AvgIpc) is 3.41. The number of hydrogen-bond donors (Lipinski definition) is 0. The van der Waals surface area contributed by atoms with E-state index in [0.717, 1.165) is 31.5 Å². The number of benzene rings is 1. The SMILES string of the molecule is O=C(CN1CCN(C(=O)c2cn(Cc3ccccc3)nn2)CC1)N1CCCC1. The van der Waals surface area contributed by atoms with Crippen LogP contribution in [0.5, 0.6) is 0 Å². The Morgan fingerprint density at radius 2 is 1.61 bits per heavy atom. The molecule has 8 heteroatoms. The van der Waals surface area contributed by atoms with Crippen LogP contribution in [0.2, 0.25) is 0 Å². The molecule has 148 valence electrons. The van der Waals surface area contributed by atoms with E-state index in [4.69, 9.17) is 0 Å². The summed E-state index contributed by atoms with van der Waals surface area (Å²) in [6, 6.07) is 9.97. The van der Waals surface area contributed by atoms with Gasteiger partial charge in [-0.25, -0.2) is 4.68 Å². The fraction of sp³-hybridized carbons (Fsp3) is 0.500. The van der Waals surface area contributed by atoms with E-state index in [1.54, 1.807) is 15.8 Å². The van der Waals surface area contributed by atoms with Crippen LogP contribution in [-0.2, 0) is 11.3 Å². The van der Waals surface area contributed by atoms with Crippen molar-refractivity contribution in [1.82, 2.24) is 29.7 Å². The van der Waals surface area contributed by atoms with Crippen LogP contribution in [-0.4, -0.2) is 87.3 Å². The predicted octanol–water partition coefficient (Wildman–Crippen LogP) is 0.707. The molecular weight excluding hydrogens is 356 g/mol. The molecule has 4 rings (SSSR count). The van der Waals surface area contributed by atoms with Crippen molar-refractivity contribution in [3.05, 3.63) is 47.8 Å². The Bertz CT molecular complexity index is 807. The number of aromatic nitrogens is 3. The normalized spacial score (nSPS) is 17.9. The molecule has 0 unspecified atom stereocenters. The topological polar surface area (TPSA) is 74.6 Å². The largest absolute Gasteiger partial charge is 0.342 e.